The lowest BCUT2D eigenvalue weighted by atomic mass is 9.99. The first-order chi connectivity index (χ1) is 20.7. The molecular formula is C31H41N3O9. The minimum atomic E-state index is -1.55. The minimum absolute atomic E-state index is 0.228. The Kier molecular flexibility index (Phi) is 11.5. The summed E-state index contributed by atoms with van der Waals surface area (Å²) in [7, 11) is 0. The Balaban J connectivity index is 1.34. The van der Waals surface area contributed by atoms with Crippen molar-refractivity contribution in [3.05, 3.63) is 65.4 Å². The van der Waals surface area contributed by atoms with Gasteiger partial charge < -0.3 is 51.1 Å². The topological polar surface area (TPSA) is 211 Å². The van der Waals surface area contributed by atoms with Crippen molar-refractivity contribution in [2.45, 2.75) is 81.7 Å². The Hall–Kier alpha value is -3.52. The lowest BCUT2D eigenvalue weighted by molar-refractivity contribution is -0.277. The number of hydrogen-bond donors (Lipinski definition) is 7. The van der Waals surface area contributed by atoms with Crippen molar-refractivity contribution in [2.24, 2.45) is 11.5 Å². The molecule has 0 spiro atoms. The fraction of sp³-hybridized carbons (Fsp3) is 0.484. The fourth-order valence-corrected chi connectivity index (χ4v) is 5.15. The van der Waals surface area contributed by atoms with E-state index in [4.69, 9.17) is 25.4 Å². The molecule has 0 bridgehead atoms. The number of hydrogen-bond acceptors (Lipinski definition) is 10. The van der Waals surface area contributed by atoms with E-state index in [9.17, 15) is 30.0 Å². The number of primary amides is 1. The highest BCUT2D eigenvalue weighted by molar-refractivity contribution is 5.88. The van der Waals surface area contributed by atoms with Gasteiger partial charge in [0.15, 0.2) is 0 Å². The molecule has 1 aromatic heterocycles. The molecule has 234 valence electrons. The maximum absolute atomic E-state index is 12.4. The average Bonchev–Trinajstić information content (AvgIpc) is 3.43. The number of rotatable bonds is 15. The molecule has 1 saturated heterocycles. The molecule has 12 nitrogen and oxygen atoms in total. The van der Waals surface area contributed by atoms with Gasteiger partial charge in [0.05, 0.1) is 18.3 Å². The molecule has 1 aliphatic rings. The number of aryl methyl sites for hydroxylation is 3. The molecule has 3 aromatic rings. The summed E-state index contributed by atoms with van der Waals surface area (Å²) in [5.74, 6) is -0.404. The van der Waals surface area contributed by atoms with Crippen LogP contribution >= 0.6 is 0 Å². The van der Waals surface area contributed by atoms with Crippen molar-refractivity contribution in [2.75, 3.05) is 13.2 Å². The first kappa shape index (κ1) is 32.4. The molecular weight excluding hydrogens is 558 g/mol. The van der Waals surface area contributed by atoms with E-state index in [0.717, 1.165) is 23.1 Å². The van der Waals surface area contributed by atoms with Crippen LogP contribution in [0.15, 0.2) is 53.1 Å². The van der Waals surface area contributed by atoms with E-state index in [2.05, 4.69) is 5.32 Å². The van der Waals surface area contributed by atoms with Gasteiger partial charge in [0, 0.05) is 12.0 Å². The molecule has 2 heterocycles. The van der Waals surface area contributed by atoms with Crippen molar-refractivity contribution < 1.29 is 43.9 Å². The second-order valence-electron chi connectivity index (χ2n) is 10.8. The molecule has 0 saturated carbocycles. The van der Waals surface area contributed by atoms with Crippen LogP contribution in [-0.2, 0) is 33.6 Å². The van der Waals surface area contributed by atoms with Crippen LogP contribution in [0.3, 0.4) is 0 Å². The summed E-state index contributed by atoms with van der Waals surface area (Å²) >= 11 is 0. The number of aliphatic hydroxyl groups excluding tert-OH is 4. The van der Waals surface area contributed by atoms with Crippen LogP contribution < -0.4 is 21.5 Å². The smallest absolute Gasteiger partial charge is 0.239 e. The highest BCUT2D eigenvalue weighted by Gasteiger charge is 2.45. The molecule has 2 aromatic carbocycles. The van der Waals surface area contributed by atoms with Crippen molar-refractivity contribution in [3.63, 3.8) is 0 Å². The van der Waals surface area contributed by atoms with Gasteiger partial charge in [0.25, 0.3) is 0 Å². The van der Waals surface area contributed by atoms with Crippen molar-refractivity contribution in [3.8, 4) is 5.75 Å². The van der Waals surface area contributed by atoms with Gasteiger partial charge in [-0.25, -0.2) is 0 Å². The first-order valence-electron chi connectivity index (χ1n) is 14.5. The lowest BCUT2D eigenvalue weighted by Crippen LogP contribution is -2.60. The Labute approximate surface area is 249 Å². The molecule has 0 unspecified atom stereocenters. The summed E-state index contributed by atoms with van der Waals surface area (Å²) in [5, 5.41) is 43.5. The first-order valence-corrected chi connectivity index (χ1v) is 14.5. The number of ether oxygens (including phenoxy) is 2. The third-order valence-electron chi connectivity index (χ3n) is 7.70. The molecule has 0 radical (unpaired) electrons. The van der Waals surface area contributed by atoms with Crippen LogP contribution in [0.1, 0.15) is 42.4 Å². The lowest BCUT2D eigenvalue weighted by Gasteiger charge is -2.39. The number of aliphatic hydroxyl groups is 4. The summed E-state index contributed by atoms with van der Waals surface area (Å²) in [4.78, 5) is 24.0. The molecule has 1 fully saturated rings. The van der Waals surface area contributed by atoms with Gasteiger partial charge in [-0.1, -0.05) is 30.3 Å². The normalized spacial score (nSPS) is 22.8. The average molecular weight is 600 g/mol. The Bertz CT molecular complexity index is 1340. The fourth-order valence-electron chi connectivity index (χ4n) is 5.15. The molecule has 43 heavy (non-hydrogen) atoms. The second-order valence-corrected chi connectivity index (χ2v) is 10.8. The number of nitrogens with two attached hydrogens (primary N) is 2. The number of carbonyl (C=O) groups is 2. The number of carbonyl (C=O) groups excluding carboxylic acids is 2. The largest absolute Gasteiger partial charge is 0.464 e. The third-order valence-corrected chi connectivity index (χ3v) is 7.70. The third kappa shape index (κ3) is 8.31. The van der Waals surface area contributed by atoms with Gasteiger partial charge in [0.1, 0.15) is 41.8 Å². The molecule has 6 atom stereocenters. The number of fused-ring (bicyclic) bond motifs is 1. The van der Waals surface area contributed by atoms with Crippen LogP contribution in [0.2, 0.25) is 0 Å². The van der Waals surface area contributed by atoms with Gasteiger partial charge in [-0.15, -0.1) is 0 Å². The minimum Gasteiger partial charge on any atom is -0.464 e. The van der Waals surface area contributed by atoms with E-state index < -0.39 is 49.3 Å². The summed E-state index contributed by atoms with van der Waals surface area (Å²) in [5.41, 5.74) is 14.4. The summed E-state index contributed by atoms with van der Waals surface area (Å²) in [6.45, 7) is -0.0293. The zero-order valence-corrected chi connectivity index (χ0v) is 23.9. The maximum Gasteiger partial charge on any atom is 0.239 e. The second kappa shape index (κ2) is 15.3. The van der Waals surface area contributed by atoms with Crippen LogP contribution in [0, 0.1) is 0 Å². The summed E-state index contributed by atoms with van der Waals surface area (Å²) in [6.07, 6.45) is -1.29. The molecule has 9 N–H and O–H groups in total. The van der Waals surface area contributed by atoms with Crippen LogP contribution in [-0.4, -0.2) is 82.1 Å². The number of benzene rings is 2. The monoisotopic (exact) mass is 599 g/mol. The predicted molar refractivity (Wildman–Crippen MR) is 157 cm³/mol. The Morgan fingerprint density at radius 1 is 0.953 bits per heavy atom. The van der Waals surface area contributed by atoms with Crippen LogP contribution in [0.4, 0.5) is 0 Å². The zero-order valence-electron chi connectivity index (χ0n) is 23.9. The van der Waals surface area contributed by atoms with E-state index >= 15 is 0 Å². The number of amides is 2. The van der Waals surface area contributed by atoms with Gasteiger partial charge in [-0.05, 0) is 68.3 Å². The molecule has 2 amide bonds. The zero-order chi connectivity index (χ0) is 30.9. The maximum atomic E-state index is 12.4. The van der Waals surface area contributed by atoms with Gasteiger partial charge in [-0.3, -0.25) is 9.59 Å². The number of furan rings is 1. The Morgan fingerprint density at radius 3 is 2.35 bits per heavy atom. The van der Waals surface area contributed by atoms with Crippen molar-refractivity contribution >= 4 is 22.8 Å². The number of unbranched alkanes of at least 4 members (excludes halogenated alkanes) is 1. The number of nitrogens with one attached hydrogen (secondary N) is 1. The quantitative estimate of drug-likeness (QED) is 0.120. The van der Waals surface area contributed by atoms with Crippen LogP contribution in [0.5, 0.6) is 5.75 Å². The highest BCUT2D eigenvalue weighted by Crippen LogP contribution is 2.34. The van der Waals surface area contributed by atoms with E-state index in [1.807, 2.05) is 24.3 Å². The van der Waals surface area contributed by atoms with E-state index in [1.165, 1.54) is 0 Å². The molecule has 12 heteroatoms. The van der Waals surface area contributed by atoms with Crippen molar-refractivity contribution in [1.29, 1.82) is 0 Å². The highest BCUT2D eigenvalue weighted by atomic mass is 16.7. The summed E-state index contributed by atoms with van der Waals surface area (Å²) in [6, 6.07) is 12.5. The van der Waals surface area contributed by atoms with Crippen molar-refractivity contribution in [1.82, 2.24) is 5.32 Å². The predicted octanol–water partition coefficient (Wildman–Crippen LogP) is 0.428. The molecule has 0 aliphatic carbocycles. The van der Waals surface area contributed by atoms with E-state index in [-0.39, 0.29) is 12.3 Å². The summed E-state index contributed by atoms with van der Waals surface area (Å²) < 4.78 is 17.2. The van der Waals surface area contributed by atoms with E-state index in [0.29, 0.717) is 55.4 Å². The molecule has 4 rings (SSSR count). The SMILES string of the molecule is NCCCC[C@H](NC(=O)CCc1ccc(CCc2coc3cccc(O[C@@H]4O[C@H](CO)[C@@H](O)[C@H](O)[C@H]4O)c23)cc1)C(N)=O. The van der Waals surface area contributed by atoms with Gasteiger partial charge in [-0.2, -0.15) is 0 Å². The standard InChI is InChI=1S/C31H41N3O9/c32-15-2-1-4-21(30(33)40)34-25(36)14-12-19-9-7-18(8-10-19)11-13-20-17-41-22-5-3-6-23(26(20)22)42-31-29(39)28(38)27(37)24(16-35)43-31/h3,5-10,17,21,24,27-29,31,35,37-39H,1-2,4,11-16,32H2,(H2,33,40)(H,34,36)/t21-,24+,27+,28-,29+,31+/m0/s1. The van der Waals surface area contributed by atoms with Gasteiger partial charge in [0.2, 0.25) is 18.1 Å². The van der Waals surface area contributed by atoms with Gasteiger partial charge >= 0.3 is 0 Å². The Morgan fingerprint density at radius 2 is 1.67 bits per heavy atom. The molecule has 1 aliphatic heterocycles. The van der Waals surface area contributed by atoms with E-state index in [1.54, 1.807) is 24.5 Å². The van der Waals surface area contributed by atoms with Crippen LogP contribution in [0.25, 0.3) is 11.0 Å².